The number of alkyl halides is 5. The van der Waals surface area contributed by atoms with Crippen LogP contribution < -0.4 is 5.73 Å². The second-order valence-electron chi connectivity index (χ2n) is 4.06. The quantitative estimate of drug-likeness (QED) is 0.678. The van der Waals surface area contributed by atoms with Crippen molar-refractivity contribution in [3.8, 4) is 0 Å². The van der Waals surface area contributed by atoms with Crippen LogP contribution in [0.2, 0.25) is 5.02 Å². The van der Waals surface area contributed by atoms with Gasteiger partial charge in [0.05, 0.1) is 17.2 Å². The molecule has 0 aliphatic heterocycles. The lowest BCUT2D eigenvalue weighted by atomic mass is 10.00. The van der Waals surface area contributed by atoms with E-state index in [1.165, 1.54) is 6.92 Å². The van der Waals surface area contributed by atoms with Gasteiger partial charge in [0.25, 0.3) is 0 Å². The van der Waals surface area contributed by atoms with Gasteiger partial charge in [-0.3, -0.25) is 0 Å². The number of hydrogen-bond donors (Lipinski definition) is 1. The molecule has 0 unspecified atom stereocenters. The van der Waals surface area contributed by atoms with E-state index in [1.54, 1.807) is 0 Å². The number of benzene rings is 1. The standard InChI is InChI=1S/C12H11ClF5NO2/c1-2-21-10(20)11(14,15)9(19)6-3-4-7(8(13)5-6)12(16,17)18/h3-5,9H,2,19H2,1H3/t9-/m1/s1. The van der Waals surface area contributed by atoms with Gasteiger partial charge in [-0.15, -0.1) is 0 Å². The first kappa shape index (κ1) is 17.6. The summed E-state index contributed by atoms with van der Waals surface area (Å²) in [5, 5.41) is -0.782. The van der Waals surface area contributed by atoms with Crippen molar-refractivity contribution in [2.24, 2.45) is 5.73 Å². The average Bonchev–Trinajstić information content (AvgIpc) is 2.36. The molecule has 0 saturated carbocycles. The van der Waals surface area contributed by atoms with Gasteiger partial charge < -0.3 is 10.5 Å². The topological polar surface area (TPSA) is 52.3 Å². The molecule has 0 aromatic heterocycles. The van der Waals surface area contributed by atoms with E-state index in [1.807, 2.05) is 0 Å². The molecule has 0 heterocycles. The minimum atomic E-state index is -4.72. The minimum absolute atomic E-state index is 0.283. The van der Waals surface area contributed by atoms with E-state index >= 15 is 0 Å². The molecule has 2 N–H and O–H groups in total. The maximum absolute atomic E-state index is 13.7. The Morgan fingerprint density at radius 1 is 1.33 bits per heavy atom. The van der Waals surface area contributed by atoms with Gasteiger partial charge in [-0.2, -0.15) is 22.0 Å². The van der Waals surface area contributed by atoms with Gasteiger partial charge in [-0.1, -0.05) is 17.7 Å². The number of carbonyl (C=O) groups excluding carboxylic acids is 1. The number of rotatable bonds is 4. The summed E-state index contributed by atoms with van der Waals surface area (Å²) >= 11 is 5.41. The zero-order valence-electron chi connectivity index (χ0n) is 10.7. The molecular weight excluding hydrogens is 321 g/mol. The molecule has 0 aliphatic carbocycles. The molecule has 21 heavy (non-hydrogen) atoms. The fraction of sp³-hybridized carbons (Fsp3) is 0.417. The Labute approximate surface area is 121 Å². The molecule has 1 aromatic rings. The Hall–Kier alpha value is -1.41. The van der Waals surface area contributed by atoms with Crippen molar-refractivity contribution in [2.75, 3.05) is 6.61 Å². The Balaban J connectivity index is 3.12. The van der Waals surface area contributed by atoms with Gasteiger partial charge in [0.15, 0.2) is 0 Å². The van der Waals surface area contributed by atoms with Crippen molar-refractivity contribution < 1.29 is 31.5 Å². The number of esters is 1. The molecule has 3 nitrogen and oxygen atoms in total. The first-order valence-corrected chi connectivity index (χ1v) is 6.06. The lowest BCUT2D eigenvalue weighted by Gasteiger charge is -2.22. The molecule has 0 fully saturated rings. The van der Waals surface area contributed by atoms with E-state index < -0.39 is 40.3 Å². The lowest BCUT2D eigenvalue weighted by molar-refractivity contribution is -0.174. The van der Waals surface area contributed by atoms with Crippen molar-refractivity contribution in [3.63, 3.8) is 0 Å². The average molecular weight is 332 g/mol. The third-order valence-corrected chi connectivity index (χ3v) is 2.91. The molecule has 0 bridgehead atoms. The normalized spacial score (nSPS) is 13.9. The zero-order valence-corrected chi connectivity index (χ0v) is 11.4. The summed E-state index contributed by atoms with van der Waals surface area (Å²) in [6.07, 6.45) is -4.72. The van der Waals surface area contributed by atoms with Crippen LogP contribution in [0.15, 0.2) is 18.2 Å². The van der Waals surface area contributed by atoms with Crippen molar-refractivity contribution >= 4 is 17.6 Å². The molecule has 0 aliphatic rings. The van der Waals surface area contributed by atoms with Gasteiger partial charge in [0.1, 0.15) is 6.04 Å². The number of hydrogen-bond acceptors (Lipinski definition) is 3. The number of halogens is 6. The summed E-state index contributed by atoms with van der Waals surface area (Å²) in [6, 6.07) is -0.246. The molecule has 1 rings (SSSR count). The molecule has 0 amide bonds. The van der Waals surface area contributed by atoms with Crippen LogP contribution in [0.4, 0.5) is 22.0 Å². The maximum Gasteiger partial charge on any atom is 0.417 e. The van der Waals surface area contributed by atoms with Crippen LogP contribution in [-0.4, -0.2) is 18.5 Å². The van der Waals surface area contributed by atoms with Crippen molar-refractivity contribution in [3.05, 3.63) is 34.3 Å². The van der Waals surface area contributed by atoms with Crippen molar-refractivity contribution in [1.82, 2.24) is 0 Å². The smallest absolute Gasteiger partial charge is 0.417 e. The maximum atomic E-state index is 13.7. The third kappa shape index (κ3) is 3.82. The SMILES string of the molecule is CCOC(=O)C(F)(F)[C@H](N)c1ccc(C(F)(F)F)c(Cl)c1. The summed E-state index contributed by atoms with van der Waals surface area (Å²) < 4.78 is 69.1. The fourth-order valence-corrected chi connectivity index (χ4v) is 1.81. The Bertz CT molecular complexity index is 533. The van der Waals surface area contributed by atoms with Gasteiger partial charge in [0, 0.05) is 0 Å². The van der Waals surface area contributed by atoms with Crippen molar-refractivity contribution in [2.45, 2.75) is 25.1 Å². The van der Waals surface area contributed by atoms with Gasteiger partial charge >= 0.3 is 18.1 Å². The van der Waals surface area contributed by atoms with Crippen LogP contribution in [0.3, 0.4) is 0 Å². The van der Waals surface area contributed by atoms with Gasteiger partial charge in [-0.25, -0.2) is 4.79 Å². The first-order chi connectivity index (χ1) is 9.51. The third-order valence-electron chi connectivity index (χ3n) is 2.60. The molecule has 1 aromatic carbocycles. The number of carbonyl (C=O) groups is 1. The van der Waals surface area contributed by atoms with Gasteiger partial charge in [-0.05, 0) is 24.6 Å². The molecule has 0 saturated heterocycles. The minimum Gasteiger partial charge on any atom is -0.462 e. The number of nitrogens with two attached hydrogens (primary N) is 1. The van der Waals surface area contributed by atoms with Gasteiger partial charge in [0.2, 0.25) is 0 Å². The summed E-state index contributed by atoms with van der Waals surface area (Å²) in [5.74, 6) is -5.94. The Kier molecular flexibility index (Phi) is 5.16. The molecule has 9 heteroatoms. The largest absolute Gasteiger partial charge is 0.462 e. The van der Waals surface area contributed by atoms with E-state index in [4.69, 9.17) is 17.3 Å². The highest BCUT2D eigenvalue weighted by atomic mass is 35.5. The van der Waals surface area contributed by atoms with E-state index in [9.17, 15) is 26.7 Å². The second kappa shape index (κ2) is 6.15. The lowest BCUT2D eigenvalue weighted by Crippen LogP contribution is -2.41. The van der Waals surface area contributed by atoms with Crippen LogP contribution in [0.5, 0.6) is 0 Å². The summed E-state index contributed by atoms with van der Waals surface area (Å²) in [7, 11) is 0. The Morgan fingerprint density at radius 2 is 1.90 bits per heavy atom. The highest BCUT2D eigenvalue weighted by Crippen LogP contribution is 2.38. The molecule has 118 valence electrons. The number of ether oxygens (including phenoxy) is 1. The summed E-state index contributed by atoms with van der Waals surface area (Å²) in [4.78, 5) is 11.1. The second-order valence-corrected chi connectivity index (χ2v) is 4.47. The fourth-order valence-electron chi connectivity index (χ4n) is 1.52. The molecule has 0 spiro atoms. The van der Waals surface area contributed by atoms with E-state index in [-0.39, 0.29) is 6.61 Å². The van der Waals surface area contributed by atoms with E-state index in [2.05, 4.69) is 4.74 Å². The van der Waals surface area contributed by atoms with Crippen LogP contribution >= 0.6 is 11.6 Å². The predicted molar refractivity (Wildman–Crippen MR) is 65.0 cm³/mol. The van der Waals surface area contributed by atoms with Crippen LogP contribution in [-0.2, 0) is 15.7 Å². The summed E-state index contributed by atoms with van der Waals surface area (Å²) in [6.45, 7) is 1.05. The first-order valence-electron chi connectivity index (χ1n) is 5.69. The van der Waals surface area contributed by atoms with Crippen LogP contribution in [0, 0.1) is 0 Å². The zero-order chi connectivity index (χ0) is 16.4. The molecular formula is C12H11ClF5NO2. The van der Waals surface area contributed by atoms with E-state index in [0.29, 0.717) is 12.1 Å². The molecule has 0 radical (unpaired) electrons. The summed E-state index contributed by atoms with van der Waals surface area (Å²) in [5.41, 5.74) is 3.65. The van der Waals surface area contributed by atoms with Crippen LogP contribution in [0.25, 0.3) is 0 Å². The van der Waals surface area contributed by atoms with E-state index in [0.717, 1.165) is 6.07 Å². The molecule has 1 atom stereocenters. The monoisotopic (exact) mass is 331 g/mol. The Morgan fingerprint density at radius 3 is 2.33 bits per heavy atom. The van der Waals surface area contributed by atoms with Crippen LogP contribution in [0.1, 0.15) is 24.1 Å². The highest BCUT2D eigenvalue weighted by molar-refractivity contribution is 6.31. The van der Waals surface area contributed by atoms with Crippen molar-refractivity contribution in [1.29, 1.82) is 0 Å². The predicted octanol–water partition coefficient (Wildman–Crippen LogP) is 3.56. The highest BCUT2D eigenvalue weighted by Gasteiger charge is 2.48.